The molecule has 4 fully saturated rings. The van der Waals surface area contributed by atoms with Crippen LogP contribution in [0, 0.1) is 23.7 Å². The van der Waals surface area contributed by atoms with E-state index >= 15 is 0 Å². The fraction of sp³-hybridized carbons (Fsp3) is 0.667. The summed E-state index contributed by atoms with van der Waals surface area (Å²) in [7, 11) is 0. The molecule has 7 nitrogen and oxygen atoms in total. The minimum absolute atomic E-state index is 0.282. The summed E-state index contributed by atoms with van der Waals surface area (Å²) in [6.07, 6.45) is 24.1. The van der Waals surface area contributed by atoms with Gasteiger partial charge in [-0.2, -0.15) is 0 Å². The number of amides is 2. The van der Waals surface area contributed by atoms with Gasteiger partial charge in [-0.1, -0.05) is 134 Å². The largest absolute Gasteiger partial charge is 0.444 e. The van der Waals surface area contributed by atoms with Gasteiger partial charge < -0.3 is 9.47 Å². The topological polar surface area (TPSA) is 90.0 Å². The lowest BCUT2D eigenvalue weighted by molar-refractivity contribution is -0.145. The summed E-state index contributed by atoms with van der Waals surface area (Å²) < 4.78 is 11.6. The van der Waals surface area contributed by atoms with Crippen LogP contribution in [0.15, 0.2) is 48.5 Å². The minimum atomic E-state index is -1.52. The number of hydrogen-bond acceptors (Lipinski definition) is 6. The summed E-state index contributed by atoms with van der Waals surface area (Å²) in [4.78, 5) is 55.9. The van der Waals surface area contributed by atoms with E-state index in [1.165, 1.54) is 119 Å². The number of carbonyl (C=O) groups is 4. The van der Waals surface area contributed by atoms with Gasteiger partial charge in [0, 0.05) is 6.04 Å². The Bertz CT molecular complexity index is 1420. The van der Waals surface area contributed by atoms with Gasteiger partial charge in [0.1, 0.15) is 0 Å². The first-order valence-electron chi connectivity index (χ1n) is 22.3. The monoisotopic (exact) mass is 753 g/mol. The van der Waals surface area contributed by atoms with Gasteiger partial charge in [0.05, 0.1) is 11.1 Å². The van der Waals surface area contributed by atoms with Crippen molar-refractivity contribution in [2.75, 3.05) is 0 Å². The molecule has 3 aliphatic carbocycles. The van der Waals surface area contributed by atoms with Crippen LogP contribution >= 0.6 is 0 Å². The van der Waals surface area contributed by atoms with Gasteiger partial charge in [0.15, 0.2) is 0 Å². The van der Waals surface area contributed by atoms with Crippen LogP contribution in [-0.2, 0) is 31.9 Å². The molecule has 3 saturated carbocycles. The number of ether oxygens (including phenoxy) is 2. The number of rotatable bonds is 17. The quantitative estimate of drug-likeness (QED) is 0.0908. The van der Waals surface area contributed by atoms with E-state index in [9.17, 15) is 19.2 Å². The summed E-state index contributed by atoms with van der Waals surface area (Å²) in [5.74, 6) is 0.460. The molecule has 0 radical (unpaired) electrons. The van der Waals surface area contributed by atoms with Crippen molar-refractivity contribution >= 4 is 23.8 Å². The van der Waals surface area contributed by atoms with Crippen LogP contribution < -0.4 is 0 Å². The molecule has 1 heterocycles. The van der Waals surface area contributed by atoms with E-state index in [-0.39, 0.29) is 6.04 Å². The fourth-order valence-corrected chi connectivity index (χ4v) is 9.97. The molecule has 7 heteroatoms. The third-order valence-electron chi connectivity index (χ3n) is 13.4. The van der Waals surface area contributed by atoms with Crippen molar-refractivity contribution < 1.29 is 28.7 Å². The lowest BCUT2D eigenvalue weighted by atomic mass is 9.77. The molecule has 2 amide bonds. The van der Waals surface area contributed by atoms with Crippen LogP contribution in [0.4, 0.5) is 0 Å². The number of likely N-dealkylation sites (tertiary alicyclic amines) is 1. The maximum absolute atomic E-state index is 13.8. The van der Waals surface area contributed by atoms with Crippen molar-refractivity contribution in [2.24, 2.45) is 23.7 Å². The summed E-state index contributed by atoms with van der Waals surface area (Å²) in [5, 5.41) is 0. The normalized spacial score (nSPS) is 26.3. The highest BCUT2D eigenvalue weighted by molar-refractivity contribution is 6.10. The van der Waals surface area contributed by atoms with E-state index in [1.807, 2.05) is 24.3 Å². The van der Waals surface area contributed by atoms with Gasteiger partial charge in [-0.05, 0) is 110 Å². The van der Waals surface area contributed by atoms with Crippen LogP contribution in [0.3, 0.4) is 0 Å². The third kappa shape index (κ3) is 11.3. The highest BCUT2D eigenvalue weighted by atomic mass is 16.6. The maximum atomic E-state index is 13.8. The van der Waals surface area contributed by atoms with Crippen molar-refractivity contribution in [3.05, 3.63) is 70.8 Å². The maximum Gasteiger partial charge on any atom is 0.339 e. The molecule has 2 atom stereocenters. The molecule has 2 aromatic carbocycles. The first-order chi connectivity index (χ1) is 26.8. The first-order valence-corrected chi connectivity index (χ1v) is 22.3. The number of benzene rings is 2. The average molecular weight is 754 g/mol. The predicted octanol–water partition coefficient (Wildman–Crippen LogP) is 11.0. The van der Waals surface area contributed by atoms with Crippen LogP contribution in [0.25, 0.3) is 0 Å². The summed E-state index contributed by atoms with van der Waals surface area (Å²) >= 11 is 0. The smallest absolute Gasteiger partial charge is 0.339 e. The zero-order valence-electron chi connectivity index (χ0n) is 33.8. The van der Waals surface area contributed by atoms with Crippen LogP contribution in [0.2, 0.25) is 0 Å². The van der Waals surface area contributed by atoms with Gasteiger partial charge in [0.25, 0.3) is 11.8 Å². The highest BCUT2D eigenvalue weighted by Crippen LogP contribution is 2.36. The lowest BCUT2D eigenvalue weighted by Gasteiger charge is -2.29. The molecule has 0 unspecified atom stereocenters. The second-order valence-corrected chi connectivity index (χ2v) is 17.6. The lowest BCUT2D eigenvalue weighted by Crippen LogP contribution is -2.43. The second kappa shape index (κ2) is 20.6. The Hall–Kier alpha value is -3.48. The zero-order valence-corrected chi connectivity index (χ0v) is 33.8. The highest BCUT2D eigenvalue weighted by Gasteiger charge is 2.55. The van der Waals surface area contributed by atoms with E-state index in [4.69, 9.17) is 9.47 Å². The Labute approximate surface area is 330 Å². The van der Waals surface area contributed by atoms with Gasteiger partial charge in [-0.3, -0.25) is 14.5 Å². The number of imide groups is 1. The molecule has 4 aliphatic rings. The molecule has 0 bridgehead atoms. The van der Waals surface area contributed by atoms with Crippen LogP contribution in [-0.4, -0.2) is 46.9 Å². The Morgan fingerprint density at radius 3 is 1.29 bits per heavy atom. The molecule has 0 N–H and O–H groups in total. The van der Waals surface area contributed by atoms with Gasteiger partial charge >= 0.3 is 11.9 Å². The third-order valence-corrected chi connectivity index (χ3v) is 13.4. The summed E-state index contributed by atoms with van der Waals surface area (Å²) in [6.45, 7) is 4.52. The zero-order chi connectivity index (χ0) is 38.6. The predicted molar refractivity (Wildman–Crippen MR) is 217 cm³/mol. The van der Waals surface area contributed by atoms with Crippen molar-refractivity contribution in [3.8, 4) is 0 Å². The summed E-state index contributed by atoms with van der Waals surface area (Å²) in [6, 6.07) is 14.6. The van der Waals surface area contributed by atoms with E-state index in [0.717, 1.165) is 43.9 Å². The first kappa shape index (κ1) is 41.2. The average Bonchev–Trinajstić information content (AvgIpc) is 3.43. The molecule has 0 spiro atoms. The van der Waals surface area contributed by atoms with Crippen LogP contribution in [0.1, 0.15) is 181 Å². The van der Waals surface area contributed by atoms with E-state index in [2.05, 4.69) is 13.8 Å². The fourth-order valence-electron chi connectivity index (χ4n) is 9.97. The Morgan fingerprint density at radius 2 is 0.909 bits per heavy atom. The molecule has 1 saturated heterocycles. The molecule has 6 rings (SSSR count). The number of nitrogens with zero attached hydrogens (tertiary/aromatic N) is 1. The van der Waals surface area contributed by atoms with Gasteiger partial charge in [-0.25, -0.2) is 9.59 Å². The molecule has 2 aromatic rings. The van der Waals surface area contributed by atoms with Gasteiger partial charge in [0.2, 0.25) is 12.2 Å². The van der Waals surface area contributed by atoms with Crippen LogP contribution in [0.5, 0.6) is 0 Å². The molecular weight excluding hydrogens is 687 g/mol. The van der Waals surface area contributed by atoms with Crippen molar-refractivity contribution in [1.82, 2.24) is 4.90 Å². The molecule has 300 valence electrons. The Morgan fingerprint density at radius 1 is 0.527 bits per heavy atom. The van der Waals surface area contributed by atoms with Crippen molar-refractivity contribution in [1.29, 1.82) is 0 Å². The molecule has 1 aliphatic heterocycles. The molecular formula is C48H67NO6. The number of unbranched alkanes of at least 4 members (excludes halogenated alkanes) is 4. The number of esters is 2. The SMILES string of the molecule is CCCCCC1CCC(Cc2ccc(C(=O)O[C@H]3C(=O)N(C4CCCCC4)C(=O)[C@@H]3OC(=O)c3ccc(CC4CCC(CCCCC)CC4)cc3)cc2)CC1. The van der Waals surface area contributed by atoms with Gasteiger partial charge in [-0.15, -0.1) is 0 Å². The Kier molecular flexibility index (Phi) is 15.4. The van der Waals surface area contributed by atoms with E-state index < -0.39 is 36.0 Å². The molecule has 55 heavy (non-hydrogen) atoms. The van der Waals surface area contributed by atoms with Crippen molar-refractivity contribution in [2.45, 2.75) is 180 Å². The minimum Gasteiger partial charge on any atom is -0.444 e. The standard InChI is InChI=1S/C48H67NO6/c1-3-5-8-12-34-16-20-36(21-17-34)32-38-24-28-40(29-25-38)47(52)54-43-44(46(51)49(45(43)50)42-14-10-7-11-15-42)55-48(53)41-30-26-39(27-31-41)33-37-22-18-35(19-23-37)13-9-6-4-2/h24-31,34-37,42-44H,3-23,32-33H2,1-2H3/t34?,35?,36?,37?,43-,44-/m1/s1. The van der Waals surface area contributed by atoms with E-state index in [0.29, 0.717) is 35.8 Å². The summed E-state index contributed by atoms with van der Waals surface area (Å²) in [5.41, 5.74) is 2.99. The molecule has 0 aromatic heterocycles. The second-order valence-electron chi connectivity index (χ2n) is 17.6. The number of hydrogen-bond donors (Lipinski definition) is 0. The Balaban J connectivity index is 1.05. The number of carbonyl (C=O) groups excluding carboxylic acids is 4. The van der Waals surface area contributed by atoms with Crippen molar-refractivity contribution in [3.63, 3.8) is 0 Å². The van der Waals surface area contributed by atoms with E-state index in [1.54, 1.807) is 24.3 Å².